The van der Waals surface area contributed by atoms with E-state index in [2.05, 4.69) is 9.46 Å². The summed E-state index contributed by atoms with van der Waals surface area (Å²) in [6.07, 6.45) is 0. The third-order valence-corrected chi connectivity index (χ3v) is 5.84. The quantitative estimate of drug-likeness (QED) is 0.448. The Bertz CT molecular complexity index is 1190. The highest BCUT2D eigenvalue weighted by molar-refractivity contribution is 7.92. The molecule has 0 aliphatic carbocycles. The molecule has 31 heavy (non-hydrogen) atoms. The lowest BCUT2D eigenvalue weighted by molar-refractivity contribution is -0.142. The van der Waals surface area contributed by atoms with Crippen molar-refractivity contribution in [2.75, 3.05) is 18.4 Å². The molecule has 0 amide bonds. The van der Waals surface area contributed by atoms with E-state index in [1.165, 1.54) is 31.4 Å². The highest BCUT2D eigenvalue weighted by atomic mass is 35.5. The average molecular weight is 482 g/mol. The summed E-state index contributed by atoms with van der Waals surface area (Å²) in [6, 6.07) is 17.3. The molecule has 3 rings (SSSR count). The van der Waals surface area contributed by atoms with Gasteiger partial charge in [0.25, 0.3) is 10.0 Å². The minimum atomic E-state index is -4.04. The number of ether oxygens (including phenoxy) is 3. The molecule has 0 aromatic heterocycles. The van der Waals surface area contributed by atoms with Crippen molar-refractivity contribution < 1.29 is 27.4 Å². The van der Waals surface area contributed by atoms with Crippen molar-refractivity contribution >= 4 is 44.9 Å². The summed E-state index contributed by atoms with van der Waals surface area (Å²) in [7, 11) is -2.82. The zero-order valence-electron chi connectivity index (χ0n) is 16.2. The van der Waals surface area contributed by atoms with Crippen molar-refractivity contribution in [3.05, 3.63) is 76.8 Å². The minimum absolute atomic E-state index is 0.0126. The predicted octanol–water partition coefficient (Wildman–Crippen LogP) is 5.14. The number of benzene rings is 3. The molecular formula is C21H17Cl2NO6S. The first kappa shape index (κ1) is 22.7. The largest absolute Gasteiger partial charge is 0.480 e. The van der Waals surface area contributed by atoms with Crippen LogP contribution >= 0.6 is 23.2 Å². The van der Waals surface area contributed by atoms with Crippen molar-refractivity contribution in [3.63, 3.8) is 0 Å². The molecule has 10 heteroatoms. The van der Waals surface area contributed by atoms with E-state index in [0.717, 1.165) is 0 Å². The Hall–Kier alpha value is -2.94. The van der Waals surface area contributed by atoms with Crippen LogP contribution in [0.15, 0.2) is 71.6 Å². The number of para-hydroxylation sites is 1. The number of anilines is 1. The first-order valence-electron chi connectivity index (χ1n) is 8.83. The lowest BCUT2D eigenvalue weighted by atomic mass is 10.3. The molecule has 0 unspecified atom stereocenters. The fourth-order valence-electron chi connectivity index (χ4n) is 2.45. The van der Waals surface area contributed by atoms with E-state index in [0.29, 0.717) is 10.8 Å². The van der Waals surface area contributed by atoms with Crippen molar-refractivity contribution in [2.24, 2.45) is 0 Å². The van der Waals surface area contributed by atoms with Crippen molar-refractivity contribution in [1.82, 2.24) is 0 Å². The Morgan fingerprint density at radius 1 is 0.968 bits per heavy atom. The molecule has 0 atom stereocenters. The number of esters is 1. The van der Waals surface area contributed by atoms with Crippen LogP contribution in [0.2, 0.25) is 10.0 Å². The minimum Gasteiger partial charge on any atom is -0.480 e. The van der Waals surface area contributed by atoms with Crippen molar-refractivity contribution in [2.45, 2.75) is 4.90 Å². The van der Waals surface area contributed by atoms with Gasteiger partial charge >= 0.3 is 5.97 Å². The average Bonchev–Trinajstić information content (AvgIpc) is 2.75. The molecule has 7 nitrogen and oxygen atoms in total. The van der Waals surface area contributed by atoms with E-state index < -0.39 is 16.0 Å². The Morgan fingerprint density at radius 2 is 1.68 bits per heavy atom. The van der Waals surface area contributed by atoms with E-state index in [1.807, 2.05) is 6.07 Å². The fourth-order valence-corrected chi connectivity index (χ4v) is 4.01. The zero-order chi connectivity index (χ0) is 22.4. The zero-order valence-corrected chi connectivity index (χ0v) is 18.5. The highest BCUT2D eigenvalue weighted by Gasteiger charge is 2.19. The van der Waals surface area contributed by atoms with Crippen LogP contribution in [0.4, 0.5) is 5.69 Å². The van der Waals surface area contributed by atoms with Gasteiger partial charge in [-0.25, -0.2) is 13.2 Å². The molecule has 0 bridgehead atoms. The van der Waals surface area contributed by atoms with Crippen molar-refractivity contribution in [3.8, 4) is 17.2 Å². The topological polar surface area (TPSA) is 90.9 Å². The maximum Gasteiger partial charge on any atom is 0.343 e. The third kappa shape index (κ3) is 6.04. The van der Waals surface area contributed by atoms with E-state index in [4.69, 9.17) is 32.7 Å². The number of sulfonamides is 1. The molecule has 0 saturated carbocycles. The van der Waals surface area contributed by atoms with Crippen LogP contribution in [0.25, 0.3) is 0 Å². The van der Waals surface area contributed by atoms with Gasteiger partial charge in [0, 0.05) is 5.02 Å². The molecule has 0 aliphatic heterocycles. The van der Waals surface area contributed by atoms with Gasteiger partial charge in [0.2, 0.25) is 0 Å². The van der Waals surface area contributed by atoms with Crippen LogP contribution in [-0.2, 0) is 19.6 Å². The Labute approximate surface area is 189 Å². The Balaban J connectivity index is 1.84. The standard InChI is InChI=1S/C21H17Cl2NO6S/c1-28-21(25)13-29-19-10-8-16(12-17(19)23)31(26,27)24-18-11-14(22)7-9-20(18)30-15-5-3-2-4-6-15/h2-12,24H,13H2,1H3. The first-order valence-corrected chi connectivity index (χ1v) is 11.1. The molecule has 0 radical (unpaired) electrons. The molecule has 3 aromatic rings. The normalized spacial score (nSPS) is 10.9. The molecule has 0 aliphatic rings. The maximum atomic E-state index is 12.9. The van der Waals surface area contributed by atoms with E-state index in [1.54, 1.807) is 36.4 Å². The number of carbonyl (C=O) groups is 1. The molecule has 1 N–H and O–H groups in total. The smallest absolute Gasteiger partial charge is 0.343 e. The van der Waals surface area contributed by atoms with Gasteiger partial charge in [0.1, 0.15) is 11.5 Å². The summed E-state index contributed by atoms with van der Waals surface area (Å²) < 4.78 is 43.8. The SMILES string of the molecule is COC(=O)COc1ccc(S(=O)(=O)Nc2cc(Cl)ccc2Oc2ccccc2)cc1Cl. The Kier molecular flexibility index (Phi) is 7.27. The number of methoxy groups -OCH3 is 1. The van der Waals surface area contributed by atoms with Crippen LogP contribution in [0, 0.1) is 0 Å². The van der Waals surface area contributed by atoms with Gasteiger partial charge in [-0.1, -0.05) is 41.4 Å². The van der Waals surface area contributed by atoms with E-state index in [-0.39, 0.29) is 33.7 Å². The molecule has 0 saturated heterocycles. The van der Waals surface area contributed by atoms with Gasteiger partial charge in [0.05, 0.1) is 22.7 Å². The lowest BCUT2D eigenvalue weighted by Gasteiger charge is -2.15. The van der Waals surface area contributed by atoms with Crippen molar-refractivity contribution in [1.29, 1.82) is 0 Å². The summed E-state index contributed by atoms with van der Waals surface area (Å²) in [5.41, 5.74) is 0.151. The number of nitrogens with one attached hydrogen (secondary N) is 1. The van der Waals surface area contributed by atoms with E-state index >= 15 is 0 Å². The third-order valence-electron chi connectivity index (χ3n) is 3.94. The Morgan fingerprint density at radius 3 is 2.35 bits per heavy atom. The van der Waals surface area contributed by atoms with Gasteiger partial charge in [-0.15, -0.1) is 0 Å². The maximum absolute atomic E-state index is 12.9. The summed E-state index contributed by atoms with van der Waals surface area (Å²) in [5.74, 6) is 0.340. The summed E-state index contributed by atoms with van der Waals surface area (Å²) >= 11 is 12.2. The van der Waals surface area contributed by atoms with Crippen LogP contribution in [-0.4, -0.2) is 28.1 Å². The number of halogens is 2. The monoisotopic (exact) mass is 481 g/mol. The summed E-state index contributed by atoms with van der Waals surface area (Å²) in [4.78, 5) is 11.1. The van der Waals surface area contributed by atoms with Crippen LogP contribution in [0.3, 0.4) is 0 Å². The molecular weight excluding hydrogens is 465 g/mol. The predicted molar refractivity (Wildman–Crippen MR) is 118 cm³/mol. The fraction of sp³-hybridized carbons (Fsp3) is 0.0952. The molecule has 3 aromatic carbocycles. The van der Waals surface area contributed by atoms with Gasteiger partial charge in [-0.3, -0.25) is 4.72 Å². The van der Waals surface area contributed by atoms with Crippen LogP contribution in [0.1, 0.15) is 0 Å². The summed E-state index contributed by atoms with van der Waals surface area (Å²) in [5, 5.41) is 0.335. The second-order valence-corrected chi connectivity index (χ2v) is 8.64. The van der Waals surface area contributed by atoms with Crippen LogP contribution < -0.4 is 14.2 Å². The van der Waals surface area contributed by atoms with Gasteiger partial charge in [0.15, 0.2) is 12.4 Å². The molecule has 0 spiro atoms. The molecule has 0 heterocycles. The summed E-state index contributed by atoms with van der Waals surface area (Å²) in [6.45, 7) is -0.358. The number of carbonyl (C=O) groups excluding carboxylic acids is 1. The second-order valence-electron chi connectivity index (χ2n) is 6.12. The van der Waals surface area contributed by atoms with Gasteiger partial charge in [-0.2, -0.15) is 0 Å². The highest BCUT2D eigenvalue weighted by Crippen LogP contribution is 2.34. The number of hydrogen-bond donors (Lipinski definition) is 1. The number of hydrogen-bond acceptors (Lipinski definition) is 6. The van der Waals surface area contributed by atoms with Gasteiger partial charge < -0.3 is 14.2 Å². The molecule has 162 valence electrons. The van der Waals surface area contributed by atoms with Gasteiger partial charge in [-0.05, 0) is 48.5 Å². The molecule has 0 fully saturated rings. The lowest BCUT2D eigenvalue weighted by Crippen LogP contribution is -2.15. The second kappa shape index (κ2) is 9.91. The van der Waals surface area contributed by atoms with E-state index in [9.17, 15) is 13.2 Å². The first-order chi connectivity index (χ1) is 14.8. The van der Waals surface area contributed by atoms with Crippen LogP contribution in [0.5, 0.6) is 17.2 Å². The number of rotatable bonds is 8.